The van der Waals surface area contributed by atoms with Crippen molar-refractivity contribution >= 4 is 17.0 Å². The maximum Gasteiger partial charge on any atom is 0.182 e. The molecule has 6 nitrogen and oxygen atoms in total. The highest BCUT2D eigenvalue weighted by atomic mass is 15.3. The lowest BCUT2D eigenvalue weighted by atomic mass is 10.2. The number of rotatable bonds is 4. The molecule has 1 aliphatic carbocycles. The van der Waals surface area contributed by atoms with E-state index in [2.05, 4.69) is 30.2 Å². The van der Waals surface area contributed by atoms with Gasteiger partial charge in [-0.1, -0.05) is 0 Å². The Labute approximate surface area is 111 Å². The highest BCUT2D eigenvalue weighted by Gasteiger charge is 2.33. The van der Waals surface area contributed by atoms with Crippen LogP contribution in [0.25, 0.3) is 11.2 Å². The Morgan fingerprint density at radius 2 is 2.16 bits per heavy atom. The van der Waals surface area contributed by atoms with Crippen molar-refractivity contribution in [3.05, 3.63) is 12.7 Å². The standard InChI is InChI=1S/C13H18N6/c1-2-9(14-5-1)6-19(10-3-4-10)13-11-12(16-7-15-11)17-8-18-13/h7-10,14H,1-6H2,(H,15,16,17,18). The van der Waals surface area contributed by atoms with E-state index >= 15 is 0 Å². The lowest BCUT2D eigenvalue weighted by molar-refractivity contribution is 0.576. The quantitative estimate of drug-likeness (QED) is 0.858. The fourth-order valence-electron chi connectivity index (χ4n) is 2.91. The largest absolute Gasteiger partial charge is 0.350 e. The number of hydrogen-bond donors (Lipinski definition) is 2. The summed E-state index contributed by atoms with van der Waals surface area (Å²) in [5.41, 5.74) is 1.72. The van der Waals surface area contributed by atoms with Crippen LogP contribution in [0.15, 0.2) is 12.7 Å². The van der Waals surface area contributed by atoms with Gasteiger partial charge in [0.15, 0.2) is 11.5 Å². The number of fused-ring (bicyclic) bond motifs is 1. The van der Waals surface area contributed by atoms with Crippen LogP contribution in [0.2, 0.25) is 0 Å². The molecule has 4 rings (SSSR count). The topological polar surface area (TPSA) is 69.7 Å². The van der Waals surface area contributed by atoms with Crippen molar-refractivity contribution < 1.29 is 0 Å². The first kappa shape index (κ1) is 11.2. The van der Waals surface area contributed by atoms with Crippen LogP contribution in [0, 0.1) is 0 Å². The Morgan fingerprint density at radius 1 is 1.21 bits per heavy atom. The molecule has 100 valence electrons. The minimum absolute atomic E-state index is 0.591. The summed E-state index contributed by atoms with van der Waals surface area (Å²) in [7, 11) is 0. The summed E-state index contributed by atoms with van der Waals surface area (Å²) >= 11 is 0. The highest BCUT2D eigenvalue weighted by molar-refractivity contribution is 5.83. The van der Waals surface area contributed by atoms with Crippen molar-refractivity contribution in [2.24, 2.45) is 0 Å². The number of hydrogen-bond acceptors (Lipinski definition) is 5. The van der Waals surface area contributed by atoms with Crippen LogP contribution in [0.4, 0.5) is 5.82 Å². The minimum atomic E-state index is 0.591. The van der Waals surface area contributed by atoms with Gasteiger partial charge < -0.3 is 15.2 Å². The Hall–Kier alpha value is -1.69. The third-order valence-corrected chi connectivity index (χ3v) is 4.04. The molecule has 0 bridgehead atoms. The van der Waals surface area contributed by atoms with Crippen molar-refractivity contribution in [2.45, 2.75) is 37.8 Å². The third-order valence-electron chi connectivity index (χ3n) is 4.04. The molecule has 0 amide bonds. The summed E-state index contributed by atoms with van der Waals surface area (Å²) in [4.78, 5) is 18.5. The molecule has 2 N–H and O–H groups in total. The molecule has 2 fully saturated rings. The van der Waals surface area contributed by atoms with Gasteiger partial charge in [-0.25, -0.2) is 15.0 Å². The van der Waals surface area contributed by atoms with Crippen molar-refractivity contribution in [3.8, 4) is 0 Å². The molecule has 0 aromatic carbocycles. The first-order valence-electron chi connectivity index (χ1n) is 7.06. The smallest absolute Gasteiger partial charge is 0.182 e. The first-order chi connectivity index (χ1) is 9.42. The van der Waals surface area contributed by atoms with Crippen molar-refractivity contribution in [3.63, 3.8) is 0 Å². The number of nitrogens with one attached hydrogen (secondary N) is 2. The molecule has 0 spiro atoms. The summed E-state index contributed by atoms with van der Waals surface area (Å²) in [5, 5.41) is 3.57. The van der Waals surface area contributed by atoms with Gasteiger partial charge in [-0.15, -0.1) is 0 Å². The summed E-state index contributed by atoms with van der Waals surface area (Å²) in [5.74, 6) is 1.01. The molecule has 2 aromatic heterocycles. The van der Waals surface area contributed by atoms with Crippen molar-refractivity contribution in [1.82, 2.24) is 25.3 Å². The second-order valence-corrected chi connectivity index (χ2v) is 5.48. The van der Waals surface area contributed by atoms with Crippen LogP contribution in [0.3, 0.4) is 0 Å². The van der Waals surface area contributed by atoms with E-state index in [1.807, 2.05) is 0 Å². The Balaban J connectivity index is 1.67. The molecule has 1 unspecified atom stereocenters. The van der Waals surface area contributed by atoms with Gasteiger partial charge in [-0.3, -0.25) is 0 Å². The fourth-order valence-corrected chi connectivity index (χ4v) is 2.91. The van der Waals surface area contributed by atoms with Gasteiger partial charge in [-0.05, 0) is 32.2 Å². The molecule has 2 aromatic rings. The Kier molecular flexibility index (Phi) is 2.61. The number of aromatic nitrogens is 4. The van der Waals surface area contributed by atoms with Gasteiger partial charge in [0.25, 0.3) is 0 Å². The van der Waals surface area contributed by atoms with E-state index in [1.54, 1.807) is 12.7 Å². The number of H-pyrrole nitrogens is 1. The van der Waals surface area contributed by atoms with Crippen LogP contribution >= 0.6 is 0 Å². The molecule has 1 saturated carbocycles. The van der Waals surface area contributed by atoms with Crippen LogP contribution in [0.1, 0.15) is 25.7 Å². The maximum atomic E-state index is 4.50. The van der Waals surface area contributed by atoms with Crippen molar-refractivity contribution in [2.75, 3.05) is 18.0 Å². The SMILES string of the molecule is c1nc(N(CC2CCCN2)C2CC2)c2[nH]cnc2n1. The first-order valence-corrected chi connectivity index (χ1v) is 7.06. The third kappa shape index (κ3) is 2.06. The maximum absolute atomic E-state index is 4.50. The summed E-state index contributed by atoms with van der Waals surface area (Å²) in [6.45, 7) is 2.18. The molecule has 3 heterocycles. The van der Waals surface area contributed by atoms with Gasteiger partial charge in [0.2, 0.25) is 0 Å². The van der Waals surface area contributed by atoms with E-state index in [4.69, 9.17) is 0 Å². The molecule has 1 atom stereocenters. The lowest BCUT2D eigenvalue weighted by Crippen LogP contribution is -2.39. The average molecular weight is 258 g/mol. The zero-order valence-electron chi connectivity index (χ0n) is 10.8. The van der Waals surface area contributed by atoms with E-state index in [0.29, 0.717) is 12.1 Å². The molecule has 1 aliphatic heterocycles. The van der Waals surface area contributed by atoms with Gasteiger partial charge in [0.05, 0.1) is 6.33 Å². The predicted molar refractivity (Wildman–Crippen MR) is 73.1 cm³/mol. The Bertz CT molecular complexity index is 569. The highest BCUT2D eigenvalue weighted by Crippen LogP contribution is 2.33. The van der Waals surface area contributed by atoms with E-state index in [1.165, 1.54) is 25.7 Å². The molecular weight excluding hydrogens is 240 g/mol. The second kappa shape index (κ2) is 4.45. The van der Waals surface area contributed by atoms with Gasteiger partial charge >= 0.3 is 0 Å². The minimum Gasteiger partial charge on any atom is -0.350 e. The average Bonchev–Trinajstić information content (AvgIpc) is 2.95. The Morgan fingerprint density at radius 3 is 2.95 bits per heavy atom. The van der Waals surface area contributed by atoms with E-state index in [-0.39, 0.29) is 0 Å². The fraction of sp³-hybridized carbons (Fsp3) is 0.615. The zero-order valence-corrected chi connectivity index (χ0v) is 10.8. The number of nitrogens with zero attached hydrogens (tertiary/aromatic N) is 4. The number of aromatic amines is 1. The van der Waals surface area contributed by atoms with Crippen LogP contribution in [0.5, 0.6) is 0 Å². The summed E-state index contributed by atoms with van der Waals surface area (Å²) in [6.07, 6.45) is 8.41. The molecule has 19 heavy (non-hydrogen) atoms. The zero-order chi connectivity index (χ0) is 12.7. The monoisotopic (exact) mass is 258 g/mol. The predicted octanol–water partition coefficient (Wildman–Crippen LogP) is 1.07. The molecule has 6 heteroatoms. The molecule has 1 saturated heterocycles. The number of imidazole rings is 1. The lowest BCUT2D eigenvalue weighted by Gasteiger charge is -2.26. The van der Waals surface area contributed by atoms with E-state index in [0.717, 1.165) is 30.1 Å². The summed E-state index contributed by atoms with van der Waals surface area (Å²) < 4.78 is 0. The van der Waals surface area contributed by atoms with E-state index < -0.39 is 0 Å². The van der Waals surface area contributed by atoms with Crippen molar-refractivity contribution in [1.29, 1.82) is 0 Å². The summed E-state index contributed by atoms with van der Waals surface area (Å²) in [6, 6.07) is 1.23. The van der Waals surface area contributed by atoms with Crippen LogP contribution in [-0.4, -0.2) is 45.1 Å². The van der Waals surface area contributed by atoms with Crippen LogP contribution < -0.4 is 10.2 Å². The second-order valence-electron chi connectivity index (χ2n) is 5.48. The normalized spacial score (nSPS) is 23.1. The van der Waals surface area contributed by atoms with Gasteiger partial charge in [0.1, 0.15) is 11.8 Å². The molecule has 0 radical (unpaired) electrons. The molecule has 2 aliphatic rings. The number of anilines is 1. The van der Waals surface area contributed by atoms with Gasteiger partial charge in [-0.2, -0.15) is 0 Å². The molecular formula is C13H18N6. The van der Waals surface area contributed by atoms with Gasteiger partial charge in [0, 0.05) is 18.6 Å². The van der Waals surface area contributed by atoms with E-state index in [9.17, 15) is 0 Å². The van der Waals surface area contributed by atoms with Crippen LogP contribution in [-0.2, 0) is 0 Å².